The molecule has 0 atom stereocenters. The van der Waals surface area contributed by atoms with E-state index in [1.54, 1.807) is 0 Å². The van der Waals surface area contributed by atoms with Crippen LogP contribution in [0.25, 0.3) is 0 Å². The summed E-state index contributed by atoms with van der Waals surface area (Å²) >= 11 is 2.80. The second-order valence-electron chi connectivity index (χ2n) is 2.55. The quantitative estimate of drug-likeness (QED) is 0.808. The summed E-state index contributed by atoms with van der Waals surface area (Å²) < 4.78 is 43.3. The van der Waals surface area contributed by atoms with Crippen molar-refractivity contribution in [1.29, 1.82) is 0 Å². The number of hydrogen-bond donors (Lipinski definition) is 2. The summed E-state index contributed by atoms with van der Waals surface area (Å²) in [5.74, 6) is -3.12. The molecule has 1 aromatic rings. The monoisotopic (exact) mass is 298 g/mol. The highest BCUT2D eigenvalue weighted by Crippen LogP contribution is 2.23. The molecule has 0 spiro atoms. The molecule has 1 rings (SSSR count). The fraction of sp³-hybridized carbons (Fsp3) is 0. The Hall–Kier alpha value is -0.990. The van der Waals surface area contributed by atoms with Gasteiger partial charge < -0.3 is 5.11 Å². The van der Waals surface area contributed by atoms with Crippen LogP contribution < -0.4 is 0 Å². The van der Waals surface area contributed by atoms with Crippen molar-refractivity contribution in [3.63, 3.8) is 0 Å². The molecule has 82 valence electrons. The van der Waals surface area contributed by atoms with Crippen LogP contribution in [0.1, 0.15) is 10.4 Å². The van der Waals surface area contributed by atoms with Crippen LogP contribution in [0.15, 0.2) is 21.5 Å². The minimum Gasteiger partial charge on any atom is -0.478 e. The molecule has 0 fully saturated rings. The first kappa shape index (κ1) is 12.1. The van der Waals surface area contributed by atoms with E-state index in [1.807, 2.05) is 0 Å². The number of aromatic carboxylic acids is 1. The van der Waals surface area contributed by atoms with Gasteiger partial charge in [-0.25, -0.2) is 9.18 Å². The van der Waals surface area contributed by atoms with Crippen molar-refractivity contribution in [3.05, 3.63) is 28.0 Å². The van der Waals surface area contributed by atoms with E-state index in [4.69, 9.17) is 9.66 Å². The molecule has 0 heterocycles. The van der Waals surface area contributed by atoms with Gasteiger partial charge in [0.2, 0.25) is 0 Å². The SMILES string of the molecule is O=C(O)c1cc(Br)cc(S(=O)(=O)O)c1F. The van der Waals surface area contributed by atoms with Gasteiger partial charge in [0.25, 0.3) is 10.1 Å². The molecule has 2 N–H and O–H groups in total. The third kappa shape index (κ3) is 2.52. The normalized spacial score (nSPS) is 11.4. The highest BCUT2D eigenvalue weighted by Gasteiger charge is 2.23. The Morgan fingerprint density at radius 2 is 1.93 bits per heavy atom. The maximum absolute atomic E-state index is 13.3. The van der Waals surface area contributed by atoms with E-state index < -0.39 is 32.4 Å². The zero-order valence-corrected chi connectivity index (χ0v) is 9.34. The molecule has 0 aliphatic carbocycles. The second kappa shape index (κ2) is 3.87. The Bertz CT molecular complexity index is 524. The minimum atomic E-state index is -4.78. The van der Waals surface area contributed by atoms with Gasteiger partial charge in [0, 0.05) is 4.47 Å². The van der Waals surface area contributed by atoms with Crippen molar-refractivity contribution in [1.82, 2.24) is 0 Å². The third-order valence-corrected chi connectivity index (χ3v) is 2.82. The molecular formula is C7H4BrFO5S. The van der Waals surface area contributed by atoms with Crippen LogP contribution in [-0.2, 0) is 10.1 Å². The molecule has 0 radical (unpaired) electrons. The van der Waals surface area contributed by atoms with Crippen LogP contribution in [0.3, 0.4) is 0 Å². The van der Waals surface area contributed by atoms with Gasteiger partial charge in [-0.15, -0.1) is 0 Å². The average Bonchev–Trinajstić information content (AvgIpc) is 2.06. The van der Waals surface area contributed by atoms with Gasteiger partial charge in [0.1, 0.15) is 4.90 Å². The summed E-state index contributed by atoms with van der Waals surface area (Å²) in [5, 5.41) is 8.54. The summed E-state index contributed by atoms with van der Waals surface area (Å²) in [6, 6.07) is 1.67. The minimum absolute atomic E-state index is 0.0360. The van der Waals surface area contributed by atoms with Crippen molar-refractivity contribution >= 4 is 32.0 Å². The number of carbonyl (C=O) groups is 1. The van der Waals surface area contributed by atoms with Crippen LogP contribution in [-0.4, -0.2) is 24.0 Å². The van der Waals surface area contributed by atoms with E-state index in [-0.39, 0.29) is 4.47 Å². The average molecular weight is 299 g/mol. The predicted octanol–water partition coefficient (Wildman–Crippen LogP) is 1.53. The predicted molar refractivity (Wildman–Crippen MR) is 50.9 cm³/mol. The first-order valence-corrected chi connectivity index (χ1v) is 5.66. The largest absolute Gasteiger partial charge is 0.478 e. The molecule has 0 aromatic heterocycles. The van der Waals surface area contributed by atoms with E-state index in [9.17, 15) is 17.6 Å². The van der Waals surface area contributed by atoms with Crippen molar-refractivity contribution in [2.45, 2.75) is 4.90 Å². The zero-order chi connectivity index (χ0) is 11.8. The van der Waals surface area contributed by atoms with Gasteiger partial charge in [0.05, 0.1) is 5.56 Å². The molecule has 1 aromatic carbocycles. The maximum Gasteiger partial charge on any atom is 0.338 e. The molecule has 0 bridgehead atoms. The van der Waals surface area contributed by atoms with Crippen LogP contribution in [0, 0.1) is 5.82 Å². The maximum atomic E-state index is 13.3. The molecule has 0 aliphatic rings. The van der Waals surface area contributed by atoms with Crippen LogP contribution >= 0.6 is 15.9 Å². The summed E-state index contributed by atoms with van der Waals surface area (Å²) in [7, 11) is -4.78. The topological polar surface area (TPSA) is 91.7 Å². The zero-order valence-electron chi connectivity index (χ0n) is 6.94. The number of halogens is 2. The first-order chi connectivity index (χ1) is 6.73. The lowest BCUT2D eigenvalue weighted by Gasteiger charge is -2.03. The Morgan fingerprint density at radius 1 is 1.40 bits per heavy atom. The fourth-order valence-corrected chi connectivity index (χ4v) is 2.13. The molecule has 8 heteroatoms. The number of carboxylic acid groups (broad SMARTS) is 1. The smallest absolute Gasteiger partial charge is 0.338 e. The molecule has 0 amide bonds. The van der Waals surface area contributed by atoms with E-state index in [0.29, 0.717) is 0 Å². The van der Waals surface area contributed by atoms with Gasteiger partial charge >= 0.3 is 5.97 Å². The lowest BCUT2D eigenvalue weighted by Crippen LogP contribution is -2.08. The van der Waals surface area contributed by atoms with Crippen molar-refractivity contribution in [2.75, 3.05) is 0 Å². The molecule has 0 unspecified atom stereocenters. The van der Waals surface area contributed by atoms with Crippen molar-refractivity contribution in [2.24, 2.45) is 0 Å². The summed E-state index contributed by atoms with van der Waals surface area (Å²) in [5.41, 5.74) is -0.836. The van der Waals surface area contributed by atoms with Gasteiger partial charge in [-0.1, -0.05) is 15.9 Å². The van der Waals surface area contributed by atoms with E-state index in [1.165, 1.54) is 0 Å². The van der Waals surface area contributed by atoms with Gasteiger partial charge in [-0.05, 0) is 12.1 Å². The van der Waals surface area contributed by atoms with Crippen molar-refractivity contribution < 1.29 is 27.3 Å². The summed E-state index contributed by atoms with van der Waals surface area (Å²) in [6.45, 7) is 0. The Balaban J connectivity index is 3.63. The molecule has 5 nitrogen and oxygen atoms in total. The Labute approximate surface area is 92.4 Å². The molecule has 0 saturated carbocycles. The molecular weight excluding hydrogens is 295 g/mol. The number of rotatable bonds is 2. The lowest BCUT2D eigenvalue weighted by molar-refractivity contribution is 0.0691. The van der Waals surface area contributed by atoms with E-state index >= 15 is 0 Å². The Kier molecular flexibility index (Phi) is 3.12. The molecule has 0 saturated heterocycles. The standard InChI is InChI=1S/C7H4BrFO5S/c8-3-1-4(7(10)11)6(9)5(2-3)15(12,13)14/h1-2H,(H,10,11)(H,12,13,14). The second-order valence-corrected chi connectivity index (χ2v) is 4.85. The lowest BCUT2D eigenvalue weighted by atomic mass is 10.2. The number of carboxylic acids is 1. The van der Waals surface area contributed by atoms with Crippen LogP contribution in [0.5, 0.6) is 0 Å². The Morgan fingerprint density at radius 3 is 2.33 bits per heavy atom. The van der Waals surface area contributed by atoms with E-state index in [2.05, 4.69) is 15.9 Å². The highest BCUT2D eigenvalue weighted by atomic mass is 79.9. The van der Waals surface area contributed by atoms with E-state index in [0.717, 1.165) is 12.1 Å². The van der Waals surface area contributed by atoms with Gasteiger partial charge in [-0.3, -0.25) is 4.55 Å². The van der Waals surface area contributed by atoms with Crippen LogP contribution in [0.2, 0.25) is 0 Å². The number of benzene rings is 1. The van der Waals surface area contributed by atoms with Crippen molar-refractivity contribution in [3.8, 4) is 0 Å². The first-order valence-electron chi connectivity index (χ1n) is 3.43. The molecule has 0 aliphatic heterocycles. The number of hydrogen-bond acceptors (Lipinski definition) is 3. The van der Waals surface area contributed by atoms with Crippen LogP contribution in [0.4, 0.5) is 4.39 Å². The summed E-state index contributed by atoms with van der Waals surface area (Å²) in [6.07, 6.45) is 0. The summed E-state index contributed by atoms with van der Waals surface area (Å²) in [4.78, 5) is 9.44. The molecule has 15 heavy (non-hydrogen) atoms. The fourth-order valence-electron chi connectivity index (χ4n) is 0.908. The highest BCUT2D eigenvalue weighted by molar-refractivity contribution is 9.10. The van der Waals surface area contributed by atoms with Gasteiger partial charge in [-0.2, -0.15) is 8.42 Å². The van der Waals surface area contributed by atoms with Gasteiger partial charge in [0.15, 0.2) is 5.82 Å². The third-order valence-electron chi connectivity index (χ3n) is 1.51.